The van der Waals surface area contributed by atoms with Crippen molar-refractivity contribution < 1.29 is 32.2 Å². The van der Waals surface area contributed by atoms with E-state index in [9.17, 15) is 22.8 Å². The fourth-order valence-electron chi connectivity index (χ4n) is 5.07. The summed E-state index contributed by atoms with van der Waals surface area (Å²) in [5.41, 5.74) is -3.92. The van der Waals surface area contributed by atoms with Crippen LogP contribution in [0.15, 0.2) is 18.2 Å². The molecule has 4 rings (SSSR count). The molecule has 1 aromatic rings. The third kappa shape index (κ3) is 2.62. The lowest BCUT2D eigenvalue weighted by molar-refractivity contribution is -0.138. The molecular weight excluding hydrogens is 389 g/mol. The molecule has 1 aromatic carbocycles. The standard InChI is InChI=1S/C19H17F3N2O4.CH4/c1-17-7-12(27-3)18(2,28-17)14-13(17)15(25)24(16(14)26)10-5-4-9(8-23)11(6-10)19(20,21)22;/h4-6,12-14H,7H2,1-3H3;1H4/t12-,13+,14-,17+,18-;/m0./s1. The van der Waals surface area contributed by atoms with Crippen LogP contribution in [0.25, 0.3) is 0 Å². The number of nitriles is 1. The Morgan fingerprint density at radius 2 is 1.86 bits per heavy atom. The summed E-state index contributed by atoms with van der Waals surface area (Å²) in [4.78, 5) is 27.0. The van der Waals surface area contributed by atoms with Crippen LogP contribution < -0.4 is 4.90 Å². The summed E-state index contributed by atoms with van der Waals surface area (Å²) in [6, 6.07) is 4.32. The van der Waals surface area contributed by atoms with E-state index in [1.54, 1.807) is 13.8 Å². The number of imide groups is 1. The molecule has 6 nitrogen and oxygen atoms in total. The number of hydrogen-bond acceptors (Lipinski definition) is 5. The first-order chi connectivity index (χ1) is 13.0. The third-order valence-electron chi connectivity index (χ3n) is 6.24. The van der Waals surface area contributed by atoms with Crippen molar-refractivity contribution in [3.8, 4) is 6.07 Å². The second-order valence-electron chi connectivity index (χ2n) is 7.83. The molecule has 2 amide bonds. The number of methoxy groups -OCH3 is 1. The van der Waals surface area contributed by atoms with E-state index in [4.69, 9.17) is 14.7 Å². The van der Waals surface area contributed by atoms with Gasteiger partial charge in [0.1, 0.15) is 5.60 Å². The van der Waals surface area contributed by atoms with Gasteiger partial charge in [-0.1, -0.05) is 7.43 Å². The van der Waals surface area contributed by atoms with Crippen LogP contribution in [0.2, 0.25) is 0 Å². The Morgan fingerprint density at radius 3 is 2.41 bits per heavy atom. The highest BCUT2D eigenvalue weighted by molar-refractivity contribution is 6.23. The number of carbonyl (C=O) groups is 2. The molecular formula is C20H21F3N2O4. The number of benzene rings is 1. The maximum Gasteiger partial charge on any atom is 0.417 e. The SMILES string of the molecule is C.CO[C@H]1C[C@@]2(C)O[C@]1(C)[C@@H]1C(=O)N(c3ccc(C#N)c(C(F)(F)F)c3)C(=O)[C@@H]12. The molecule has 3 aliphatic rings. The Labute approximate surface area is 166 Å². The molecule has 0 spiro atoms. The first kappa shape index (κ1) is 21.3. The highest BCUT2D eigenvalue weighted by atomic mass is 19.4. The van der Waals surface area contributed by atoms with Crippen molar-refractivity contribution in [2.24, 2.45) is 11.8 Å². The molecule has 0 unspecified atom stereocenters. The van der Waals surface area contributed by atoms with Crippen molar-refractivity contribution in [2.45, 2.75) is 51.2 Å². The molecule has 29 heavy (non-hydrogen) atoms. The van der Waals surface area contributed by atoms with Gasteiger partial charge in [-0.25, -0.2) is 4.90 Å². The molecule has 156 valence electrons. The lowest BCUT2D eigenvalue weighted by atomic mass is 9.67. The minimum absolute atomic E-state index is 0. The van der Waals surface area contributed by atoms with E-state index in [0.717, 1.165) is 11.0 Å². The number of fused-ring (bicyclic) bond motifs is 5. The van der Waals surface area contributed by atoms with Crippen LogP contribution in [0.1, 0.15) is 38.8 Å². The number of amides is 2. The van der Waals surface area contributed by atoms with Crippen LogP contribution in [0.5, 0.6) is 0 Å². The molecule has 0 N–H and O–H groups in total. The first-order valence-corrected chi connectivity index (χ1v) is 8.70. The quantitative estimate of drug-likeness (QED) is 0.699. The van der Waals surface area contributed by atoms with Gasteiger partial charge in [0.15, 0.2) is 0 Å². The topological polar surface area (TPSA) is 79.6 Å². The van der Waals surface area contributed by atoms with Crippen molar-refractivity contribution >= 4 is 17.5 Å². The first-order valence-electron chi connectivity index (χ1n) is 8.70. The number of rotatable bonds is 2. The predicted molar refractivity (Wildman–Crippen MR) is 95.7 cm³/mol. The van der Waals surface area contributed by atoms with Gasteiger partial charge in [-0.05, 0) is 32.0 Å². The lowest BCUT2D eigenvalue weighted by Gasteiger charge is -2.34. The number of carbonyl (C=O) groups excluding carboxylic acids is 2. The smallest absolute Gasteiger partial charge is 0.378 e. The maximum absolute atomic E-state index is 13.3. The van der Waals surface area contributed by atoms with Crippen LogP contribution in [-0.2, 0) is 25.2 Å². The van der Waals surface area contributed by atoms with Crippen molar-refractivity contribution in [1.82, 2.24) is 0 Å². The van der Waals surface area contributed by atoms with Gasteiger partial charge >= 0.3 is 6.18 Å². The predicted octanol–water partition coefficient (Wildman–Crippen LogP) is 3.29. The highest BCUT2D eigenvalue weighted by Gasteiger charge is 2.76. The molecule has 5 atom stereocenters. The van der Waals surface area contributed by atoms with Crippen LogP contribution in [0.3, 0.4) is 0 Å². The fourth-order valence-corrected chi connectivity index (χ4v) is 5.07. The number of nitrogens with zero attached hydrogens (tertiary/aromatic N) is 2. The van der Waals surface area contributed by atoms with E-state index in [-0.39, 0.29) is 13.1 Å². The molecule has 3 heterocycles. The number of alkyl halides is 3. The van der Waals surface area contributed by atoms with Crippen LogP contribution >= 0.6 is 0 Å². The summed E-state index contributed by atoms with van der Waals surface area (Å²) < 4.78 is 51.4. The fraction of sp³-hybridized carbons (Fsp3) is 0.550. The zero-order valence-corrected chi connectivity index (χ0v) is 15.3. The summed E-state index contributed by atoms with van der Waals surface area (Å²) >= 11 is 0. The number of anilines is 1. The van der Waals surface area contributed by atoms with E-state index < -0.39 is 58.3 Å². The molecule has 0 radical (unpaired) electrons. The molecule has 9 heteroatoms. The van der Waals surface area contributed by atoms with E-state index in [0.29, 0.717) is 12.5 Å². The van der Waals surface area contributed by atoms with Gasteiger partial charge in [-0.15, -0.1) is 0 Å². The Bertz CT molecular complexity index is 941. The van der Waals surface area contributed by atoms with Crippen LogP contribution in [-0.4, -0.2) is 36.2 Å². The maximum atomic E-state index is 13.3. The van der Waals surface area contributed by atoms with Crippen molar-refractivity contribution in [3.63, 3.8) is 0 Å². The Morgan fingerprint density at radius 1 is 1.24 bits per heavy atom. The van der Waals surface area contributed by atoms with Gasteiger partial charge in [0.05, 0.1) is 46.4 Å². The van der Waals surface area contributed by atoms with Gasteiger partial charge in [0, 0.05) is 13.5 Å². The van der Waals surface area contributed by atoms with Gasteiger partial charge in [0.25, 0.3) is 0 Å². The molecule has 0 saturated carbocycles. The minimum atomic E-state index is -4.79. The largest absolute Gasteiger partial charge is 0.417 e. The monoisotopic (exact) mass is 410 g/mol. The second-order valence-corrected chi connectivity index (χ2v) is 7.83. The summed E-state index contributed by atoms with van der Waals surface area (Å²) in [6.07, 6.45) is -4.78. The lowest BCUT2D eigenvalue weighted by Crippen LogP contribution is -2.49. The minimum Gasteiger partial charge on any atom is -0.378 e. The van der Waals surface area contributed by atoms with Crippen molar-refractivity contribution in [1.29, 1.82) is 5.26 Å². The average Bonchev–Trinajstić information content (AvgIpc) is 3.14. The molecule has 3 fully saturated rings. The van der Waals surface area contributed by atoms with E-state index in [1.807, 2.05) is 0 Å². The summed E-state index contributed by atoms with van der Waals surface area (Å²) in [5.74, 6) is -2.83. The van der Waals surface area contributed by atoms with Gasteiger partial charge in [-0.2, -0.15) is 18.4 Å². The second kappa shape index (κ2) is 6.28. The normalized spacial score (nSPS) is 35.5. The van der Waals surface area contributed by atoms with Gasteiger partial charge < -0.3 is 9.47 Å². The number of ether oxygens (including phenoxy) is 2. The summed E-state index contributed by atoms with van der Waals surface area (Å²) in [5, 5.41) is 8.95. The van der Waals surface area contributed by atoms with Gasteiger partial charge in [-0.3, -0.25) is 9.59 Å². The van der Waals surface area contributed by atoms with Crippen LogP contribution in [0.4, 0.5) is 18.9 Å². The molecule has 0 aromatic heterocycles. The zero-order chi connectivity index (χ0) is 20.6. The van der Waals surface area contributed by atoms with Crippen molar-refractivity contribution in [2.75, 3.05) is 12.0 Å². The number of hydrogen-bond donors (Lipinski definition) is 0. The molecule has 0 aliphatic carbocycles. The average molecular weight is 410 g/mol. The molecule has 3 aliphatic heterocycles. The Balaban J connectivity index is 0.00000240. The van der Waals surface area contributed by atoms with Crippen molar-refractivity contribution in [3.05, 3.63) is 29.3 Å². The van der Waals surface area contributed by atoms with Gasteiger partial charge in [0.2, 0.25) is 11.8 Å². The Kier molecular flexibility index (Phi) is 4.60. The Hall–Kier alpha value is -2.44. The van der Waals surface area contributed by atoms with Crippen LogP contribution in [0, 0.1) is 23.2 Å². The zero-order valence-electron chi connectivity index (χ0n) is 15.3. The summed E-state index contributed by atoms with van der Waals surface area (Å²) in [6.45, 7) is 3.43. The highest BCUT2D eigenvalue weighted by Crippen LogP contribution is 2.61. The van der Waals surface area contributed by atoms with E-state index >= 15 is 0 Å². The number of halogens is 3. The summed E-state index contributed by atoms with van der Waals surface area (Å²) in [7, 11) is 1.49. The molecule has 2 bridgehead atoms. The third-order valence-corrected chi connectivity index (χ3v) is 6.24. The van der Waals surface area contributed by atoms with E-state index in [2.05, 4.69) is 0 Å². The van der Waals surface area contributed by atoms with E-state index in [1.165, 1.54) is 19.2 Å². The molecule has 3 saturated heterocycles.